The van der Waals surface area contributed by atoms with Crippen LogP contribution in [0.4, 0.5) is 0 Å². The van der Waals surface area contributed by atoms with Gasteiger partial charge in [0.05, 0.1) is 6.61 Å². The molecule has 1 saturated carbocycles. The first-order chi connectivity index (χ1) is 9.63. The molecule has 20 heavy (non-hydrogen) atoms. The molecular formula is C14H22N2O4. The van der Waals surface area contributed by atoms with Gasteiger partial charge >= 0.3 is 17.8 Å². The van der Waals surface area contributed by atoms with Gasteiger partial charge in [0.25, 0.3) is 0 Å². The molecule has 1 fully saturated rings. The average molecular weight is 282 g/mol. The van der Waals surface area contributed by atoms with Gasteiger partial charge in [-0.3, -0.25) is 9.59 Å². The minimum absolute atomic E-state index is 0.121. The second-order valence-electron chi connectivity index (χ2n) is 4.79. The molecule has 112 valence electrons. The summed E-state index contributed by atoms with van der Waals surface area (Å²) in [4.78, 5) is 33.9. The summed E-state index contributed by atoms with van der Waals surface area (Å²) >= 11 is 0. The van der Waals surface area contributed by atoms with Crippen molar-refractivity contribution in [2.24, 2.45) is 0 Å². The highest BCUT2D eigenvalue weighted by atomic mass is 16.5. The summed E-state index contributed by atoms with van der Waals surface area (Å²) in [7, 11) is 0. The van der Waals surface area contributed by atoms with Crippen molar-refractivity contribution >= 4 is 17.8 Å². The van der Waals surface area contributed by atoms with Crippen molar-refractivity contribution in [1.29, 1.82) is 0 Å². The molecule has 1 aliphatic carbocycles. The van der Waals surface area contributed by atoms with Crippen LogP contribution in [0.25, 0.3) is 0 Å². The molecule has 2 N–H and O–H groups in total. The maximum atomic E-state index is 11.6. The lowest BCUT2D eigenvalue weighted by Gasteiger charge is -2.22. The number of carbonyl (C=O) groups is 3. The van der Waals surface area contributed by atoms with Crippen LogP contribution in [0.15, 0.2) is 12.7 Å². The zero-order valence-electron chi connectivity index (χ0n) is 11.7. The van der Waals surface area contributed by atoms with Crippen molar-refractivity contribution < 1.29 is 19.1 Å². The van der Waals surface area contributed by atoms with Gasteiger partial charge in [0.15, 0.2) is 0 Å². The van der Waals surface area contributed by atoms with Gasteiger partial charge in [0.2, 0.25) is 0 Å². The smallest absolute Gasteiger partial charge is 0.330 e. The molecular weight excluding hydrogens is 260 g/mol. The van der Waals surface area contributed by atoms with E-state index in [1.54, 1.807) is 0 Å². The van der Waals surface area contributed by atoms with E-state index in [0.717, 1.165) is 31.8 Å². The molecule has 0 aromatic rings. The van der Waals surface area contributed by atoms with Crippen LogP contribution in [0.5, 0.6) is 0 Å². The molecule has 0 bridgehead atoms. The highest BCUT2D eigenvalue weighted by Gasteiger charge is 2.19. The lowest BCUT2D eigenvalue weighted by atomic mass is 9.95. The second-order valence-corrected chi connectivity index (χ2v) is 4.79. The number of ether oxygens (including phenoxy) is 1. The van der Waals surface area contributed by atoms with Crippen LogP contribution in [-0.4, -0.2) is 37.0 Å². The molecule has 0 aliphatic heterocycles. The third-order valence-electron chi connectivity index (χ3n) is 3.16. The first-order valence-electron chi connectivity index (χ1n) is 7.01. The molecule has 6 heteroatoms. The van der Waals surface area contributed by atoms with Crippen LogP contribution in [0, 0.1) is 0 Å². The van der Waals surface area contributed by atoms with Crippen LogP contribution in [-0.2, 0) is 19.1 Å². The normalized spacial score (nSPS) is 15.2. The van der Waals surface area contributed by atoms with Gasteiger partial charge in [-0.15, -0.1) is 0 Å². The minimum atomic E-state index is -0.634. The molecule has 6 nitrogen and oxygen atoms in total. The molecule has 0 heterocycles. The van der Waals surface area contributed by atoms with Crippen LogP contribution in [0.3, 0.4) is 0 Å². The Morgan fingerprint density at radius 3 is 2.50 bits per heavy atom. The Morgan fingerprint density at radius 2 is 1.85 bits per heavy atom. The summed E-state index contributed by atoms with van der Waals surface area (Å²) < 4.78 is 4.75. The lowest BCUT2D eigenvalue weighted by molar-refractivity contribution is -0.140. The van der Waals surface area contributed by atoms with Gasteiger partial charge in [-0.1, -0.05) is 25.8 Å². The molecule has 0 radical (unpaired) electrons. The molecule has 0 aromatic carbocycles. The summed E-state index contributed by atoms with van der Waals surface area (Å²) in [6, 6.07) is 0.121. The highest BCUT2D eigenvalue weighted by Crippen LogP contribution is 2.17. The van der Waals surface area contributed by atoms with Crippen molar-refractivity contribution in [1.82, 2.24) is 10.6 Å². The number of hydrogen-bond acceptors (Lipinski definition) is 4. The zero-order chi connectivity index (χ0) is 14.8. The number of carbonyl (C=O) groups excluding carboxylic acids is 3. The summed E-state index contributed by atoms with van der Waals surface area (Å²) in [5, 5.41) is 5.23. The maximum Gasteiger partial charge on any atom is 0.330 e. The molecule has 0 atom stereocenters. The fraction of sp³-hybridized carbons (Fsp3) is 0.643. The minimum Gasteiger partial charge on any atom is -0.462 e. The fourth-order valence-corrected chi connectivity index (χ4v) is 2.08. The van der Waals surface area contributed by atoms with E-state index < -0.39 is 17.8 Å². The van der Waals surface area contributed by atoms with Gasteiger partial charge in [-0.2, -0.15) is 0 Å². The van der Waals surface area contributed by atoms with E-state index in [2.05, 4.69) is 17.2 Å². The number of esters is 1. The van der Waals surface area contributed by atoms with Crippen LogP contribution >= 0.6 is 0 Å². The summed E-state index contributed by atoms with van der Waals surface area (Å²) in [6.07, 6.45) is 6.82. The number of amides is 2. The topological polar surface area (TPSA) is 84.5 Å². The van der Waals surface area contributed by atoms with E-state index in [1.807, 2.05) is 0 Å². The van der Waals surface area contributed by atoms with Gasteiger partial charge in [-0.05, 0) is 19.3 Å². The average Bonchev–Trinajstić information content (AvgIpc) is 2.47. The fourth-order valence-electron chi connectivity index (χ4n) is 2.08. The number of rotatable bonds is 6. The molecule has 2 amide bonds. The third-order valence-corrected chi connectivity index (χ3v) is 3.16. The summed E-state index contributed by atoms with van der Waals surface area (Å²) in [5.74, 6) is -1.71. The molecule has 0 unspecified atom stereocenters. The van der Waals surface area contributed by atoms with Gasteiger partial charge in [0.1, 0.15) is 0 Å². The number of nitrogens with one attached hydrogen (secondary N) is 2. The maximum absolute atomic E-state index is 11.6. The first-order valence-corrected chi connectivity index (χ1v) is 7.01. The Bertz CT molecular complexity index is 362. The predicted molar refractivity (Wildman–Crippen MR) is 73.8 cm³/mol. The Balaban J connectivity index is 2.10. The molecule has 0 saturated heterocycles. The number of hydrogen-bond donors (Lipinski definition) is 2. The van der Waals surface area contributed by atoms with Crippen LogP contribution in [0.2, 0.25) is 0 Å². The van der Waals surface area contributed by atoms with Crippen molar-refractivity contribution in [3.63, 3.8) is 0 Å². The highest BCUT2D eigenvalue weighted by molar-refractivity contribution is 6.35. The lowest BCUT2D eigenvalue weighted by Crippen LogP contribution is -2.45. The van der Waals surface area contributed by atoms with Gasteiger partial charge < -0.3 is 15.4 Å². The SMILES string of the molecule is C=CC(=O)OCCCNC(=O)C(=O)NC1CCCCC1. The van der Waals surface area contributed by atoms with E-state index in [-0.39, 0.29) is 12.6 Å². The van der Waals surface area contributed by atoms with Gasteiger partial charge in [0, 0.05) is 18.7 Å². The largest absolute Gasteiger partial charge is 0.462 e. The Hall–Kier alpha value is -1.85. The van der Waals surface area contributed by atoms with E-state index in [0.29, 0.717) is 13.0 Å². The van der Waals surface area contributed by atoms with Crippen molar-refractivity contribution in [2.45, 2.75) is 44.6 Å². The van der Waals surface area contributed by atoms with E-state index in [4.69, 9.17) is 4.74 Å². The first kappa shape index (κ1) is 16.2. The molecule has 1 rings (SSSR count). The van der Waals surface area contributed by atoms with Crippen LogP contribution in [0.1, 0.15) is 38.5 Å². The van der Waals surface area contributed by atoms with Gasteiger partial charge in [-0.25, -0.2) is 4.79 Å². The van der Waals surface area contributed by atoms with Crippen molar-refractivity contribution in [2.75, 3.05) is 13.2 Å². The summed E-state index contributed by atoms with van der Waals surface area (Å²) in [6.45, 7) is 3.75. The van der Waals surface area contributed by atoms with Crippen molar-refractivity contribution in [3.05, 3.63) is 12.7 Å². The predicted octanol–water partition coefficient (Wildman–Crippen LogP) is 0.671. The summed E-state index contributed by atoms with van der Waals surface area (Å²) in [5.41, 5.74) is 0. The molecule has 0 aromatic heterocycles. The third kappa shape index (κ3) is 6.36. The quantitative estimate of drug-likeness (QED) is 0.324. The second kappa shape index (κ2) is 9.12. The van der Waals surface area contributed by atoms with E-state index in [1.165, 1.54) is 6.42 Å². The molecule has 0 spiro atoms. The molecule has 1 aliphatic rings. The zero-order valence-corrected chi connectivity index (χ0v) is 11.7. The Morgan fingerprint density at radius 1 is 1.15 bits per heavy atom. The van der Waals surface area contributed by atoms with E-state index in [9.17, 15) is 14.4 Å². The Kier molecular flexibility index (Phi) is 7.39. The monoisotopic (exact) mass is 282 g/mol. The standard InChI is InChI=1S/C14H22N2O4/c1-2-12(17)20-10-6-9-15-13(18)14(19)16-11-7-4-3-5-8-11/h2,11H,1,3-10H2,(H,15,18)(H,16,19). The van der Waals surface area contributed by atoms with Crippen LogP contribution < -0.4 is 10.6 Å². The Labute approximate surface area is 118 Å². The van der Waals surface area contributed by atoms with E-state index >= 15 is 0 Å². The van der Waals surface area contributed by atoms with Crippen molar-refractivity contribution in [3.8, 4) is 0 Å².